The molecule has 174 valence electrons. The molecule has 2 aliphatic rings. The Kier molecular flexibility index (Phi) is 7.94. The van der Waals surface area contributed by atoms with Gasteiger partial charge >= 0.3 is 0 Å². The zero-order valence-corrected chi connectivity index (χ0v) is 21.5. The molecule has 2 saturated heterocycles. The second-order valence-electron chi connectivity index (χ2n) is 9.40. The van der Waals surface area contributed by atoms with Gasteiger partial charge in [0, 0.05) is 50.0 Å². The third kappa shape index (κ3) is 5.75. The predicted octanol–water partition coefficient (Wildman–Crippen LogP) is 2.35. The van der Waals surface area contributed by atoms with Crippen molar-refractivity contribution in [2.24, 2.45) is 5.92 Å². The Morgan fingerprint density at radius 1 is 1.12 bits per heavy atom. The Morgan fingerprint density at radius 2 is 1.91 bits per heavy atom. The van der Waals surface area contributed by atoms with E-state index in [4.69, 9.17) is 0 Å². The van der Waals surface area contributed by atoms with Gasteiger partial charge in [0.25, 0.3) is 0 Å². The minimum atomic E-state index is 0.141. The zero-order valence-electron chi connectivity index (χ0n) is 19.2. The number of nitrogens with zero attached hydrogens (tertiary/aromatic N) is 5. The molecular weight excluding hydrogens is 438 g/mol. The van der Waals surface area contributed by atoms with Crippen molar-refractivity contribution in [3.05, 3.63) is 30.1 Å². The number of piperidine rings is 1. The van der Waals surface area contributed by atoms with Crippen LogP contribution in [0.15, 0.2) is 24.5 Å². The van der Waals surface area contributed by atoms with E-state index < -0.39 is 0 Å². The molecule has 32 heavy (non-hydrogen) atoms. The first kappa shape index (κ1) is 23.8. The smallest absolute Gasteiger partial charge is 0.234 e. The number of rotatable bonds is 5. The van der Waals surface area contributed by atoms with Crippen LogP contribution in [0.25, 0.3) is 11.0 Å². The van der Waals surface area contributed by atoms with Gasteiger partial charge in [-0.2, -0.15) is 0 Å². The number of benzene rings is 1. The average Bonchev–Trinajstić information content (AvgIpc) is 2.96. The van der Waals surface area contributed by atoms with Gasteiger partial charge in [0.15, 0.2) is 0 Å². The Hall–Kier alpha value is -1.39. The SMILES string of the molecule is C[C@H]1C[C@@H](NC(=O)CN2CCCN(C)CC2)CN(c2ccc(C(P)P)c3nccnc23)C1. The summed E-state index contributed by atoms with van der Waals surface area (Å²) in [5.74, 6) is 0.631. The molecule has 7 nitrogen and oxygen atoms in total. The molecule has 2 unspecified atom stereocenters. The molecule has 4 atom stereocenters. The number of amides is 1. The highest BCUT2D eigenvalue weighted by molar-refractivity contribution is 7.37. The summed E-state index contributed by atoms with van der Waals surface area (Å²) in [5.41, 5.74) is 4.15. The van der Waals surface area contributed by atoms with Crippen LogP contribution in [0.1, 0.15) is 30.7 Å². The highest BCUT2D eigenvalue weighted by Crippen LogP contribution is 2.37. The van der Waals surface area contributed by atoms with Crippen molar-refractivity contribution in [1.29, 1.82) is 0 Å². The van der Waals surface area contributed by atoms with Crippen molar-refractivity contribution in [1.82, 2.24) is 25.1 Å². The molecule has 2 aliphatic heterocycles. The summed E-state index contributed by atoms with van der Waals surface area (Å²) in [6.45, 7) is 8.60. The summed E-state index contributed by atoms with van der Waals surface area (Å²) in [6, 6.07) is 4.46. The fraction of sp³-hybridized carbons (Fsp3) is 0.609. The van der Waals surface area contributed by atoms with Crippen LogP contribution in [0.2, 0.25) is 0 Å². The number of carbonyl (C=O) groups excluding carboxylic acids is 1. The topological polar surface area (TPSA) is 64.6 Å². The zero-order chi connectivity index (χ0) is 22.7. The maximum absolute atomic E-state index is 12.8. The number of anilines is 1. The number of aromatic nitrogens is 2. The van der Waals surface area contributed by atoms with E-state index in [1.165, 1.54) is 0 Å². The minimum Gasteiger partial charge on any atom is -0.367 e. The molecular formula is C23H36N6OP2. The van der Waals surface area contributed by atoms with Crippen LogP contribution in [0, 0.1) is 5.92 Å². The van der Waals surface area contributed by atoms with Gasteiger partial charge in [-0.3, -0.25) is 19.7 Å². The third-order valence-corrected chi connectivity index (χ3v) is 7.26. The van der Waals surface area contributed by atoms with Crippen LogP contribution >= 0.6 is 18.5 Å². The normalized spacial score (nSPS) is 23.5. The fourth-order valence-electron chi connectivity index (χ4n) is 4.97. The molecule has 3 heterocycles. The third-order valence-electron chi connectivity index (χ3n) is 6.54. The van der Waals surface area contributed by atoms with Crippen molar-refractivity contribution in [2.45, 2.75) is 31.2 Å². The lowest BCUT2D eigenvalue weighted by atomic mass is 9.95. The molecule has 1 N–H and O–H groups in total. The lowest BCUT2D eigenvalue weighted by Gasteiger charge is -2.38. The van der Waals surface area contributed by atoms with E-state index in [-0.39, 0.29) is 17.3 Å². The van der Waals surface area contributed by atoms with E-state index in [1.807, 2.05) is 0 Å². The molecule has 0 bridgehead atoms. The summed E-state index contributed by atoms with van der Waals surface area (Å²) in [6.07, 6.45) is 5.65. The number of likely N-dealkylation sites (N-methyl/N-ethyl adjacent to an activating group) is 1. The highest BCUT2D eigenvalue weighted by Gasteiger charge is 2.28. The van der Waals surface area contributed by atoms with Crippen LogP contribution in [-0.2, 0) is 4.79 Å². The van der Waals surface area contributed by atoms with Gasteiger partial charge in [0.2, 0.25) is 5.91 Å². The van der Waals surface area contributed by atoms with Gasteiger partial charge in [0.05, 0.1) is 17.7 Å². The molecule has 1 aromatic heterocycles. The van der Waals surface area contributed by atoms with Crippen LogP contribution < -0.4 is 10.2 Å². The first-order valence-electron chi connectivity index (χ1n) is 11.6. The molecule has 0 saturated carbocycles. The number of fused-ring (bicyclic) bond motifs is 1. The number of hydrogen-bond acceptors (Lipinski definition) is 6. The van der Waals surface area contributed by atoms with Crippen LogP contribution in [-0.4, -0.2) is 84.6 Å². The molecule has 2 aromatic rings. The predicted molar refractivity (Wildman–Crippen MR) is 138 cm³/mol. The standard InChI is InChI=1S/C23H36N6OP2/c1-16-12-17(26-20(30)15-28-9-3-8-27(2)10-11-28)14-29(13-16)19-5-4-18(23(31)32)21-22(19)25-7-6-24-21/h4-7,16-17,23H,3,8-15,31-32H2,1-2H3,(H,26,30)/t16-,17+/m0/s1. The number of hydrogen-bond donors (Lipinski definition) is 1. The van der Waals surface area contributed by atoms with E-state index in [0.717, 1.165) is 74.4 Å². The van der Waals surface area contributed by atoms with Gasteiger partial charge < -0.3 is 15.1 Å². The van der Waals surface area contributed by atoms with E-state index >= 15 is 0 Å². The summed E-state index contributed by atoms with van der Waals surface area (Å²) < 4.78 is 0. The van der Waals surface area contributed by atoms with Crippen LogP contribution in [0.3, 0.4) is 0 Å². The second-order valence-corrected chi connectivity index (χ2v) is 11.6. The summed E-state index contributed by atoms with van der Waals surface area (Å²) in [5, 5.41) is 3.56. The minimum absolute atomic E-state index is 0.141. The first-order valence-corrected chi connectivity index (χ1v) is 12.9. The Balaban J connectivity index is 1.46. The van der Waals surface area contributed by atoms with Crippen molar-refractivity contribution in [2.75, 3.05) is 57.8 Å². The quantitative estimate of drug-likeness (QED) is 0.672. The monoisotopic (exact) mass is 474 g/mol. The van der Waals surface area contributed by atoms with Gasteiger partial charge in [-0.25, -0.2) is 0 Å². The average molecular weight is 475 g/mol. The van der Waals surface area contributed by atoms with E-state index in [0.29, 0.717) is 12.5 Å². The molecule has 2 fully saturated rings. The summed E-state index contributed by atoms with van der Waals surface area (Å²) in [7, 11) is 7.79. The first-order chi connectivity index (χ1) is 15.4. The van der Waals surface area contributed by atoms with Gasteiger partial charge in [-0.1, -0.05) is 13.0 Å². The van der Waals surface area contributed by atoms with Crippen LogP contribution in [0.4, 0.5) is 5.69 Å². The van der Waals surface area contributed by atoms with Gasteiger partial charge in [0.1, 0.15) is 5.52 Å². The van der Waals surface area contributed by atoms with Gasteiger partial charge in [-0.15, -0.1) is 18.5 Å². The van der Waals surface area contributed by atoms with Crippen molar-refractivity contribution >= 4 is 41.1 Å². The van der Waals surface area contributed by atoms with Crippen molar-refractivity contribution in [3.63, 3.8) is 0 Å². The highest BCUT2D eigenvalue weighted by atomic mass is 31.1. The van der Waals surface area contributed by atoms with Gasteiger partial charge in [-0.05, 0) is 50.5 Å². The summed E-state index contributed by atoms with van der Waals surface area (Å²) in [4.78, 5) is 29.2. The molecule has 9 heteroatoms. The molecule has 1 aromatic carbocycles. The second kappa shape index (κ2) is 10.7. The number of carbonyl (C=O) groups is 1. The lowest BCUT2D eigenvalue weighted by molar-refractivity contribution is -0.123. The molecule has 0 spiro atoms. The van der Waals surface area contributed by atoms with Crippen LogP contribution in [0.5, 0.6) is 0 Å². The summed E-state index contributed by atoms with van der Waals surface area (Å²) >= 11 is 0. The maximum atomic E-state index is 12.8. The lowest BCUT2D eigenvalue weighted by Crippen LogP contribution is -2.52. The van der Waals surface area contributed by atoms with E-state index in [1.54, 1.807) is 12.4 Å². The molecule has 0 radical (unpaired) electrons. The molecule has 4 rings (SSSR count). The van der Waals surface area contributed by atoms with Crippen molar-refractivity contribution in [3.8, 4) is 0 Å². The van der Waals surface area contributed by atoms with E-state index in [9.17, 15) is 4.79 Å². The van der Waals surface area contributed by atoms with Crippen molar-refractivity contribution < 1.29 is 4.79 Å². The fourth-order valence-corrected chi connectivity index (χ4v) is 5.51. The Bertz CT molecular complexity index is 942. The molecule has 0 aliphatic carbocycles. The maximum Gasteiger partial charge on any atom is 0.234 e. The number of nitrogens with one attached hydrogen (secondary N) is 1. The Labute approximate surface area is 196 Å². The Morgan fingerprint density at radius 3 is 2.69 bits per heavy atom. The molecule has 1 amide bonds. The largest absolute Gasteiger partial charge is 0.367 e. The van der Waals surface area contributed by atoms with E-state index in [2.05, 4.69) is 74.6 Å².